The quantitative estimate of drug-likeness (QED) is 0.259. The molecule has 1 aromatic carbocycles. The smallest absolute Gasteiger partial charge is 0.230 e. The molecular formula is C27H30N4O2S2. The van der Waals surface area contributed by atoms with E-state index in [1.807, 2.05) is 18.2 Å². The molecule has 4 aromatic rings. The van der Waals surface area contributed by atoms with Gasteiger partial charge >= 0.3 is 0 Å². The Balaban J connectivity index is 1.32. The lowest BCUT2D eigenvalue weighted by Crippen LogP contribution is -2.34. The van der Waals surface area contributed by atoms with Gasteiger partial charge in [0.15, 0.2) is 0 Å². The fourth-order valence-corrected chi connectivity index (χ4v) is 6.69. The zero-order chi connectivity index (χ0) is 24.6. The molecule has 1 aliphatic heterocycles. The molecule has 35 heavy (non-hydrogen) atoms. The largest absolute Gasteiger partial charge is 0.370 e. The van der Waals surface area contributed by atoms with E-state index in [2.05, 4.69) is 55.1 Å². The van der Waals surface area contributed by atoms with E-state index in [9.17, 15) is 4.79 Å². The molecule has 0 unspecified atom stereocenters. The molecule has 0 bridgehead atoms. The zero-order valence-corrected chi connectivity index (χ0v) is 22.2. The number of carbonyl (C=O) groups is 1. The van der Waals surface area contributed by atoms with Crippen molar-refractivity contribution in [2.45, 2.75) is 70.2 Å². The van der Waals surface area contributed by atoms with Crippen LogP contribution in [0.1, 0.15) is 49.6 Å². The Kier molecular flexibility index (Phi) is 6.79. The molecule has 0 aliphatic carbocycles. The third-order valence-corrected chi connectivity index (χ3v) is 8.66. The maximum absolute atomic E-state index is 12.7. The van der Waals surface area contributed by atoms with Gasteiger partial charge in [-0.3, -0.25) is 4.79 Å². The van der Waals surface area contributed by atoms with Gasteiger partial charge in [-0.15, -0.1) is 11.3 Å². The number of nitrogens with zero attached hydrogens (tertiary/aromatic N) is 3. The van der Waals surface area contributed by atoms with Crippen molar-refractivity contribution >= 4 is 49.4 Å². The number of nitrogens with one attached hydrogen (secondary N) is 1. The molecule has 0 saturated heterocycles. The first kappa shape index (κ1) is 24.2. The van der Waals surface area contributed by atoms with Crippen LogP contribution in [0, 0.1) is 6.92 Å². The normalized spacial score (nSPS) is 15.8. The van der Waals surface area contributed by atoms with Crippen LogP contribution < -0.4 is 5.32 Å². The Bertz CT molecular complexity index is 1380. The highest BCUT2D eigenvalue weighted by atomic mass is 32.2. The number of ether oxygens (including phenoxy) is 1. The Morgan fingerprint density at radius 2 is 2.03 bits per heavy atom. The van der Waals surface area contributed by atoms with Crippen LogP contribution in [-0.2, 0) is 29.0 Å². The summed E-state index contributed by atoms with van der Waals surface area (Å²) < 4.78 is 7.06. The molecule has 3 aromatic heterocycles. The molecule has 0 spiro atoms. The Labute approximate surface area is 213 Å². The fourth-order valence-electron chi connectivity index (χ4n) is 4.60. The van der Waals surface area contributed by atoms with E-state index in [-0.39, 0.29) is 17.6 Å². The second-order valence-corrected chi connectivity index (χ2v) is 11.8. The van der Waals surface area contributed by atoms with Crippen molar-refractivity contribution in [2.75, 3.05) is 5.75 Å². The van der Waals surface area contributed by atoms with E-state index in [1.165, 1.54) is 28.5 Å². The molecule has 1 aliphatic rings. The number of amides is 1. The number of hydrogen-bond acceptors (Lipinski definition) is 7. The minimum Gasteiger partial charge on any atom is -0.370 e. The van der Waals surface area contributed by atoms with Gasteiger partial charge in [-0.25, -0.2) is 15.0 Å². The Morgan fingerprint density at radius 1 is 1.23 bits per heavy atom. The number of thioether (sulfide) groups is 1. The fraction of sp³-hybridized carbons (Fsp3) is 0.407. The Morgan fingerprint density at radius 3 is 2.83 bits per heavy atom. The molecule has 1 amide bonds. The van der Waals surface area contributed by atoms with Crippen LogP contribution in [0.25, 0.3) is 20.4 Å². The highest BCUT2D eigenvalue weighted by molar-refractivity contribution is 8.00. The highest BCUT2D eigenvalue weighted by Crippen LogP contribution is 2.42. The topological polar surface area (TPSA) is 77.0 Å². The molecule has 5 rings (SSSR count). The average molecular weight is 507 g/mol. The summed E-state index contributed by atoms with van der Waals surface area (Å²) in [6, 6.07) is 10.5. The SMILES string of the molecule is Cc1nc2sc3c(SCC(=O)N[C@H](C)CCc4ccccc4)ncnc3c2c2c1COC(C)(C)C2. The maximum Gasteiger partial charge on any atom is 0.230 e. The molecule has 182 valence electrons. The van der Waals surface area contributed by atoms with E-state index < -0.39 is 0 Å². The minimum absolute atomic E-state index is 0.0219. The summed E-state index contributed by atoms with van der Waals surface area (Å²) in [7, 11) is 0. The summed E-state index contributed by atoms with van der Waals surface area (Å²) in [5.74, 6) is 0.343. The molecule has 0 radical (unpaired) electrons. The number of benzene rings is 1. The summed E-state index contributed by atoms with van der Waals surface area (Å²) in [4.78, 5) is 27.7. The number of hydrogen-bond donors (Lipinski definition) is 1. The van der Waals surface area contributed by atoms with E-state index in [0.717, 1.165) is 50.4 Å². The van der Waals surface area contributed by atoms with Crippen LogP contribution in [0.5, 0.6) is 0 Å². The van der Waals surface area contributed by atoms with Crippen molar-refractivity contribution in [2.24, 2.45) is 0 Å². The third kappa shape index (κ3) is 5.20. The first-order valence-corrected chi connectivity index (χ1v) is 13.8. The molecule has 0 saturated carbocycles. The van der Waals surface area contributed by atoms with Gasteiger partial charge in [0, 0.05) is 29.1 Å². The molecule has 6 nitrogen and oxygen atoms in total. The summed E-state index contributed by atoms with van der Waals surface area (Å²) in [5, 5.41) is 5.08. The van der Waals surface area contributed by atoms with Gasteiger partial charge < -0.3 is 10.1 Å². The van der Waals surface area contributed by atoms with Gasteiger partial charge in [0.1, 0.15) is 16.2 Å². The molecule has 1 atom stereocenters. The van der Waals surface area contributed by atoms with E-state index in [1.54, 1.807) is 17.7 Å². The van der Waals surface area contributed by atoms with Crippen molar-refractivity contribution in [3.8, 4) is 0 Å². The number of aryl methyl sites for hydroxylation is 2. The standard InChI is InChI=1S/C27H30N4O2S2/c1-16(10-11-18-8-6-5-7-9-18)30-21(32)14-34-26-24-23(28-15-29-26)22-19-12-27(3,4)33-13-20(19)17(2)31-25(22)35-24/h5-9,15-16H,10-14H2,1-4H3,(H,30,32)/t16-/m1/s1. The second-order valence-electron chi connectivity index (χ2n) is 9.80. The summed E-state index contributed by atoms with van der Waals surface area (Å²) in [6.45, 7) is 8.94. The Hall–Kier alpha value is -2.55. The number of thiophene rings is 1. The van der Waals surface area contributed by atoms with E-state index in [4.69, 9.17) is 9.72 Å². The van der Waals surface area contributed by atoms with Crippen molar-refractivity contribution in [1.82, 2.24) is 20.3 Å². The van der Waals surface area contributed by atoms with Crippen LogP contribution in [0.2, 0.25) is 0 Å². The number of aromatic nitrogens is 3. The summed E-state index contributed by atoms with van der Waals surface area (Å²) in [5.41, 5.74) is 5.48. The lowest BCUT2D eigenvalue weighted by Gasteiger charge is -2.32. The zero-order valence-electron chi connectivity index (χ0n) is 20.6. The van der Waals surface area contributed by atoms with Crippen LogP contribution >= 0.6 is 23.1 Å². The number of rotatable bonds is 7. The maximum atomic E-state index is 12.7. The van der Waals surface area contributed by atoms with E-state index in [0.29, 0.717) is 12.4 Å². The van der Waals surface area contributed by atoms with E-state index >= 15 is 0 Å². The first-order chi connectivity index (χ1) is 16.8. The van der Waals surface area contributed by atoms with Crippen LogP contribution in [0.15, 0.2) is 41.7 Å². The van der Waals surface area contributed by atoms with Crippen molar-refractivity contribution in [3.63, 3.8) is 0 Å². The highest BCUT2D eigenvalue weighted by Gasteiger charge is 2.31. The van der Waals surface area contributed by atoms with Gasteiger partial charge in [0.05, 0.1) is 28.2 Å². The van der Waals surface area contributed by atoms with Gasteiger partial charge in [-0.05, 0) is 51.7 Å². The molecule has 1 N–H and O–H groups in total. The molecule has 0 fully saturated rings. The third-order valence-electron chi connectivity index (χ3n) is 6.46. The van der Waals surface area contributed by atoms with Crippen LogP contribution in [-0.4, -0.2) is 38.3 Å². The number of carbonyl (C=O) groups excluding carboxylic acids is 1. The number of pyridine rings is 1. The van der Waals surface area contributed by atoms with Crippen LogP contribution in [0.3, 0.4) is 0 Å². The van der Waals surface area contributed by atoms with Crippen molar-refractivity contribution in [1.29, 1.82) is 0 Å². The van der Waals surface area contributed by atoms with Crippen LogP contribution in [0.4, 0.5) is 0 Å². The molecule has 8 heteroatoms. The van der Waals surface area contributed by atoms with Gasteiger partial charge in [0.2, 0.25) is 5.91 Å². The van der Waals surface area contributed by atoms with Gasteiger partial charge in [-0.1, -0.05) is 42.1 Å². The molecule has 4 heterocycles. The monoisotopic (exact) mass is 506 g/mol. The molecular weight excluding hydrogens is 476 g/mol. The predicted octanol–water partition coefficient (Wildman–Crippen LogP) is 5.63. The average Bonchev–Trinajstić information content (AvgIpc) is 3.20. The van der Waals surface area contributed by atoms with Crippen molar-refractivity contribution < 1.29 is 9.53 Å². The summed E-state index contributed by atoms with van der Waals surface area (Å²) in [6.07, 6.45) is 4.28. The first-order valence-electron chi connectivity index (χ1n) is 12.0. The number of fused-ring (bicyclic) bond motifs is 5. The van der Waals surface area contributed by atoms with Gasteiger partial charge in [-0.2, -0.15) is 0 Å². The van der Waals surface area contributed by atoms with Gasteiger partial charge in [0.25, 0.3) is 0 Å². The minimum atomic E-state index is -0.220. The predicted molar refractivity (Wildman–Crippen MR) is 143 cm³/mol. The lowest BCUT2D eigenvalue weighted by molar-refractivity contribution is -0.119. The second kappa shape index (κ2) is 9.84. The lowest BCUT2D eigenvalue weighted by atomic mass is 9.89. The summed E-state index contributed by atoms with van der Waals surface area (Å²) >= 11 is 3.08. The van der Waals surface area contributed by atoms with Crippen molar-refractivity contribution in [3.05, 3.63) is 59.0 Å².